The zero-order chi connectivity index (χ0) is 23.8. The SMILES string of the molecule is CC[C@H](C)[C@H](NC(=O)C(O)CCc1ccc(O)cc1)C(=O)N[C@H]1CCCN(C(=N)N)C1O. The van der Waals surface area contributed by atoms with Crippen molar-refractivity contribution in [2.24, 2.45) is 11.7 Å². The van der Waals surface area contributed by atoms with E-state index in [1.54, 1.807) is 12.1 Å². The summed E-state index contributed by atoms with van der Waals surface area (Å²) >= 11 is 0. The molecule has 0 radical (unpaired) electrons. The highest BCUT2D eigenvalue weighted by atomic mass is 16.3. The normalized spacial score (nSPS) is 21.3. The maximum absolute atomic E-state index is 13.0. The van der Waals surface area contributed by atoms with Crippen LogP contribution in [0.5, 0.6) is 5.75 Å². The smallest absolute Gasteiger partial charge is 0.249 e. The number of carbonyl (C=O) groups excluding carboxylic acids is 2. The maximum atomic E-state index is 13.0. The third kappa shape index (κ3) is 6.83. The van der Waals surface area contributed by atoms with Gasteiger partial charge in [0.2, 0.25) is 11.8 Å². The molecule has 0 spiro atoms. The van der Waals surface area contributed by atoms with Crippen LogP contribution >= 0.6 is 0 Å². The number of nitrogens with two attached hydrogens (primary N) is 1. The van der Waals surface area contributed by atoms with Crippen molar-refractivity contribution in [2.75, 3.05) is 6.54 Å². The standard InChI is InChI=1S/C22H35N5O5/c1-3-13(2)18(20(31)25-16-5-4-12-27(21(16)32)22(23)24)26-19(30)17(29)11-8-14-6-9-15(28)10-7-14/h6-7,9-10,13,16-18,21,28-29,32H,3-5,8,11-12H2,1-2H3,(H3,23,24)(H,25,31)(H,26,30)/t13-,16-,17?,18-,21?/m0/s1. The molecule has 1 saturated heterocycles. The van der Waals surface area contributed by atoms with Crippen molar-refractivity contribution in [3.8, 4) is 5.75 Å². The van der Waals surface area contributed by atoms with Crippen LogP contribution in [0.3, 0.4) is 0 Å². The lowest BCUT2D eigenvalue weighted by Crippen LogP contribution is -2.61. The first kappa shape index (κ1) is 25.4. The van der Waals surface area contributed by atoms with Gasteiger partial charge in [-0.3, -0.25) is 15.0 Å². The van der Waals surface area contributed by atoms with Crippen LogP contribution in [0.1, 0.15) is 45.1 Å². The van der Waals surface area contributed by atoms with E-state index in [1.807, 2.05) is 13.8 Å². The Morgan fingerprint density at radius 3 is 2.53 bits per heavy atom. The number of aryl methyl sites for hydroxylation is 1. The second-order valence-corrected chi connectivity index (χ2v) is 8.34. The Morgan fingerprint density at radius 2 is 1.94 bits per heavy atom. The summed E-state index contributed by atoms with van der Waals surface area (Å²) in [6.45, 7) is 4.15. The first-order valence-electron chi connectivity index (χ1n) is 11.0. The van der Waals surface area contributed by atoms with E-state index in [4.69, 9.17) is 11.1 Å². The van der Waals surface area contributed by atoms with Crippen molar-refractivity contribution in [3.05, 3.63) is 29.8 Å². The van der Waals surface area contributed by atoms with Crippen LogP contribution in [0.25, 0.3) is 0 Å². The van der Waals surface area contributed by atoms with Gasteiger partial charge in [0.05, 0.1) is 6.04 Å². The Bertz CT molecular complexity index is 787. The van der Waals surface area contributed by atoms with E-state index >= 15 is 0 Å². The van der Waals surface area contributed by atoms with Gasteiger partial charge in [-0.05, 0) is 49.3 Å². The fourth-order valence-electron chi connectivity index (χ4n) is 3.71. The summed E-state index contributed by atoms with van der Waals surface area (Å²) in [4.78, 5) is 26.8. The minimum absolute atomic E-state index is 0.143. The molecule has 2 amide bonds. The molecule has 0 saturated carbocycles. The molecule has 0 aliphatic carbocycles. The molecule has 1 heterocycles. The monoisotopic (exact) mass is 449 g/mol. The number of benzene rings is 1. The molecule has 1 aliphatic rings. The van der Waals surface area contributed by atoms with Crippen LogP contribution in [-0.4, -0.2) is 69.0 Å². The van der Waals surface area contributed by atoms with Crippen molar-refractivity contribution in [3.63, 3.8) is 0 Å². The topological polar surface area (TPSA) is 172 Å². The third-order valence-corrected chi connectivity index (χ3v) is 5.97. The molecule has 0 aromatic heterocycles. The number of guanidine groups is 1. The molecular formula is C22H35N5O5. The number of aliphatic hydroxyl groups excluding tert-OH is 2. The Labute approximate surface area is 188 Å². The number of amides is 2. The Morgan fingerprint density at radius 1 is 1.28 bits per heavy atom. The van der Waals surface area contributed by atoms with Crippen molar-refractivity contribution in [1.82, 2.24) is 15.5 Å². The lowest BCUT2D eigenvalue weighted by molar-refractivity contribution is -0.136. The van der Waals surface area contributed by atoms with E-state index in [-0.39, 0.29) is 24.0 Å². The first-order chi connectivity index (χ1) is 15.1. The van der Waals surface area contributed by atoms with Gasteiger partial charge in [-0.1, -0.05) is 32.4 Å². The van der Waals surface area contributed by atoms with Crippen LogP contribution in [-0.2, 0) is 16.0 Å². The average Bonchev–Trinajstić information content (AvgIpc) is 2.77. The number of phenolic OH excluding ortho intramolecular Hbond substituents is 1. The number of rotatable bonds is 9. The molecule has 1 aliphatic heterocycles. The Hall–Kier alpha value is -2.85. The minimum Gasteiger partial charge on any atom is -0.508 e. The number of aromatic hydroxyl groups is 1. The second-order valence-electron chi connectivity index (χ2n) is 8.34. The van der Waals surface area contributed by atoms with Crippen LogP contribution in [0.2, 0.25) is 0 Å². The number of hydrogen-bond donors (Lipinski definition) is 7. The Balaban J connectivity index is 1.97. The fourth-order valence-corrected chi connectivity index (χ4v) is 3.71. The van der Waals surface area contributed by atoms with E-state index in [0.29, 0.717) is 32.2 Å². The molecule has 0 bridgehead atoms. The number of carbonyl (C=O) groups is 2. The number of piperidine rings is 1. The zero-order valence-corrected chi connectivity index (χ0v) is 18.6. The summed E-state index contributed by atoms with van der Waals surface area (Å²) in [7, 11) is 0. The van der Waals surface area contributed by atoms with Gasteiger partial charge < -0.3 is 36.6 Å². The summed E-state index contributed by atoms with van der Waals surface area (Å²) < 4.78 is 0. The predicted molar refractivity (Wildman–Crippen MR) is 120 cm³/mol. The third-order valence-electron chi connectivity index (χ3n) is 5.97. The molecule has 2 unspecified atom stereocenters. The van der Waals surface area contributed by atoms with Gasteiger partial charge in [0.1, 0.15) is 24.1 Å². The van der Waals surface area contributed by atoms with Gasteiger partial charge in [0.25, 0.3) is 0 Å². The van der Waals surface area contributed by atoms with Gasteiger partial charge in [-0.15, -0.1) is 0 Å². The van der Waals surface area contributed by atoms with Gasteiger partial charge in [0, 0.05) is 6.54 Å². The minimum atomic E-state index is -1.29. The van der Waals surface area contributed by atoms with Crippen molar-refractivity contribution >= 4 is 17.8 Å². The lowest BCUT2D eigenvalue weighted by Gasteiger charge is -2.39. The summed E-state index contributed by atoms with van der Waals surface area (Å²) in [5.41, 5.74) is 6.36. The molecule has 5 atom stereocenters. The molecular weight excluding hydrogens is 414 g/mol. The van der Waals surface area contributed by atoms with E-state index < -0.39 is 36.2 Å². The Kier molecular flexibility index (Phi) is 9.27. The van der Waals surface area contributed by atoms with Crippen LogP contribution < -0.4 is 16.4 Å². The summed E-state index contributed by atoms with van der Waals surface area (Å²) in [5.74, 6) is -1.41. The molecule has 178 valence electrons. The summed E-state index contributed by atoms with van der Waals surface area (Å²) in [6, 6.07) is 5.01. The van der Waals surface area contributed by atoms with Crippen LogP contribution in [0, 0.1) is 11.3 Å². The van der Waals surface area contributed by atoms with Crippen LogP contribution in [0.15, 0.2) is 24.3 Å². The number of aliphatic hydroxyl groups is 2. The first-order valence-corrected chi connectivity index (χ1v) is 11.0. The molecule has 8 N–H and O–H groups in total. The average molecular weight is 450 g/mol. The number of hydrogen-bond acceptors (Lipinski definition) is 6. The molecule has 32 heavy (non-hydrogen) atoms. The fraction of sp³-hybridized carbons (Fsp3) is 0.591. The summed E-state index contributed by atoms with van der Waals surface area (Å²) in [6.07, 6.45) is -0.0179. The van der Waals surface area contributed by atoms with E-state index in [1.165, 1.54) is 17.0 Å². The zero-order valence-electron chi connectivity index (χ0n) is 18.6. The van der Waals surface area contributed by atoms with Crippen molar-refractivity contribution < 1.29 is 24.9 Å². The summed E-state index contributed by atoms with van der Waals surface area (Å²) in [5, 5.41) is 43.1. The van der Waals surface area contributed by atoms with Gasteiger partial charge in [-0.2, -0.15) is 0 Å². The van der Waals surface area contributed by atoms with Gasteiger partial charge >= 0.3 is 0 Å². The molecule has 1 fully saturated rings. The van der Waals surface area contributed by atoms with Gasteiger partial charge in [-0.25, -0.2) is 0 Å². The van der Waals surface area contributed by atoms with E-state index in [2.05, 4.69) is 10.6 Å². The molecule has 10 heteroatoms. The lowest BCUT2D eigenvalue weighted by atomic mass is 9.96. The number of nitrogens with one attached hydrogen (secondary N) is 3. The highest BCUT2D eigenvalue weighted by Crippen LogP contribution is 2.17. The van der Waals surface area contributed by atoms with Crippen molar-refractivity contribution in [1.29, 1.82) is 5.41 Å². The molecule has 10 nitrogen and oxygen atoms in total. The number of phenols is 1. The number of likely N-dealkylation sites (tertiary alicyclic amines) is 1. The number of nitrogens with zero attached hydrogens (tertiary/aromatic N) is 1. The molecule has 1 aromatic carbocycles. The highest BCUT2D eigenvalue weighted by Gasteiger charge is 2.35. The van der Waals surface area contributed by atoms with E-state index in [0.717, 1.165) is 5.56 Å². The quantitative estimate of drug-likeness (QED) is 0.205. The van der Waals surface area contributed by atoms with Gasteiger partial charge in [0.15, 0.2) is 5.96 Å². The van der Waals surface area contributed by atoms with E-state index in [9.17, 15) is 24.9 Å². The second kappa shape index (κ2) is 11.7. The largest absolute Gasteiger partial charge is 0.508 e. The maximum Gasteiger partial charge on any atom is 0.249 e. The van der Waals surface area contributed by atoms with Crippen molar-refractivity contribution in [2.45, 2.75) is 70.4 Å². The molecule has 1 aromatic rings. The predicted octanol–water partition coefficient (Wildman–Crippen LogP) is 0.00907. The molecule has 2 rings (SSSR count). The van der Waals surface area contributed by atoms with Crippen LogP contribution in [0.4, 0.5) is 0 Å². The highest BCUT2D eigenvalue weighted by molar-refractivity contribution is 5.89.